The van der Waals surface area contributed by atoms with Crippen molar-refractivity contribution in [2.24, 2.45) is 0 Å². The molecule has 0 fully saturated rings. The topological polar surface area (TPSA) is 38.3 Å². The number of carbonyl (C=O) groups is 1. The number of nitrogens with one attached hydrogen (secondary N) is 1. The minimum atomic E-state index is -0.526. The van der Waals surface area contributed by atoms with E-state index in [4.69, 9.17) is 4.74 Å². The molecule has 1 N–H and O–H groups in total. The second kappa shape index (κ2) is 6.44. The Morgan fingerprint density at radius 1 is 1.13 bits per heavy atom. The number of carbonyl (C=O) groups excluding carboxylic acids is 1. The fraction of sp³-hybridized carbons (Fsp3) is 0.118. The molecule has 0 saturated carbocycles. The molecule has 118 valence electrons. The zero-order valence-corrected chi connectivity index (χ0v) is 13.0. The van der Waals surface area contributed by atoms with E-state index >= 15 is 0 Å². The molecule has 23 heavy (non-hydrogen) atoms. The highest BCUT2D eigenvalue weighted by molar-refractivity contribution is 7.21. The summed E-state index contributed by atoms with van der Waals surface area (Å²) in [6.45, 7) is 0.0982. The van der Waals surface area contributed by atoms with Crippen molar-refractivity contribution in [2.75, 3.05) is 12.4 Å². The number of benzene rings is 2. The maximum atomic E-state index is 14.1. The van der Waals surface area contributed by atoms with Gasteiger partial charge in [-0.05, 0) is 24.3 Å². The lowest BCUT2D eigenvalue weighted by molar-refractivity contribution is 0.102. The van der Waals surface area contributed by atoms with Crippen LogP contribution in [-0.2, 0) is 11.3 Å². The van der Waals surface area contributed by atoms with E-state index in [9.17, 15) is 13.6 Å². The molecule has 6 heteroatoms. The van der Waals surface area contributed by atoms with Crippen molar-refractivity contribution in [3.63, 3.8) is 0 Å². The van der Waals surface area contributed by atoms with Gasteiger partial charge in [0.15, 0.2) is 0 Å². The Kier molecular flexibility index (Phi) is 4.36. The van der Waals surface area contributed by atoms with Crippen molar-refractivity contribution >= 4 is 33.0 Å². The normalized spacial score (nSPS) is 10.9. The van der Waals surface area contributed by atoms with Crippen molar-refractivity contribution in [3.05, 3.63) is 64.5 Å². The summed E-state index contributed by atoms with van der Waals surface area (Å²) in [5.74, 6) is -1.42. The largest absolute Gasteiger partial charge is 0.380 e. The number of methoxy groups -OCH3 is 1. The molecule has 3 aromatic rings. The first-order valence-electron chi connectivity index (χ1n) is 6.86. The summed E-state index contributed by atoms with van der Waals surface area (Å²) in [5.41, 5.74) is 0.554. The van der Waals surface area contributed by atoms with Crippen molar-refractivity contribution in [1.29, 1.82) is 0 Å². The third kappa shape index (κ3) is 2.95. The molecular weight excluding hydrogens is 320 g/mol. The number of fused-ring (bicyclic) bond motifs is 1. The molecule has 0 aliphatic rings. The molecule has 0 aliphatic carbocycles. The van der Waals surface area contributed by atoms with Crippen LogP contribution in [0.5, 0.6) is 0 Å². The number of para-hydroxylation sites is 1. The summed E-state index contributed by atoms with van der Waals surface area (Å²) in [7, 11) is 1.48. The summed E-state index contributed by atoms with van der Waals surface area (Å²) in [5, 5.41) is 2.90. The average Bonchev–Trinajstić information content (AvgIpc) is 2.90. The van der Waals surface area contributed by atoms with E-state index in [-0.39, 0.29) is 12.3 Å². The van der Waals surface area contributed by atoms with Gasteiger partial charge in [-0.1, -0.05) is 18.2 Å². The highest BCUT2D eigenvalue weighted by Gasteiger charge is 2.21. The van der Waals surface area contributed by atoms with Gasteiger partial charge in [-0.25, -0.2) is 8.78 Å². The standard InChI is InChI=1S/C17H13F2NO2S/c1-22-9-10-15-12(19)6-4-8-14(15)23-16(10)17(21)20-13-7-3-2-5-11(13)18/h2-8H,9H2,1H3,(H,20,21). The van der Waals surface area contributed by atoms with Gasteiger partial charge in [-0.15, -0.1) is 11.3 Å². The van der Waals surface area contributed by atoms with E-state index in [1.165, 1.54) is 31.4 Å². The van der Waals surface area contributed by atoms with Crippen LogP contribution in [0.2, 0.25) is 0 Å². The predicted molar refractivity (Wildman–Crippen MR) is 86.8 cm³/mol. The van der Waals surface area contributed by atoms with E-state index in [0.717, 1.165) is 11.3 Å². The highest BCUT2D eigenvalue weighted by atomic mass is 32.1. The molecule has 1 amide bonds. The van der Waals surface area contributed by atoms with Crippen LogP contribution in [0.1, 0.15) is 15.2 Å². The number of ether oxygens (including phenoxy) is 1. The van der Waals surface area contributed by atoms with E-state index in [0.29, 0.717) is 20.5 Å². The zero-order valence-electron chi connectivity index (χ0n) is 12.2. The highest BCUT2D eigenvalue weighted by Crippen LogP contribution is 2.34. The lowest BCUT2D eigenvalue weighted by atomic mass is 10.1. The quantitative estimate of drug-likeness (QED) is 0.759. The molecule has 3 nitrogen and oxygen atoms in total. The van der Waals surface area contributed by atoms with Gasteiger partial charge in [0.05, 0.1) is 17.2 Å². The molecule has 0 aliphatic heterocycles. The molecule has 0 bridgehead atoms. The lowest BCUT2D eigenvalue weighted by Gasteiger charge is -2.07. The molecule has 1 aromatic heterocycles. The molecule has 0 saturated heterocycles. The van der Waals surface area contributed by atoms with Crippen molar-refractivity contribution in [1.82, 2.24) is 0 Å². The second-order valence-corrected chi connectivity index (χ2v) is 5.94. The maximum Gasteiger partial charge on any atom is 0.266 e. The third-order valence-electron chi connectivity index (χ3n) is 3.38. The summed E-state index contributed by atoms with van der Waals surface area (Å²) in [4.78, 5) is 12.8. The predicted octanol–water partition coefficient (Wildman–Crippen LogP) is 4.58. The Labute approximate surface area is 135 Å². The Bertz CT molecular complexity index is 876. The Morgan fingerprint density at radius 3 is 2.61 bits per heavy atom. The van der Waals surface area contributed by atoms with Gasteiger partial charge >= 0.3 is 0 Å². The fourth-order valence-electron chi connectivity index (χ4n) is 2.37. The number of thiophene rings is 1. The summed E-state index contributed by atoms with van der Waals surface area (Å²) in [6, 6.07) is 10.6. The molecule has 3 rings (SSSR count). The van der Waals surface area contributed by atoms with Gasteiger partial charge in [0, 0.05) is 22.8 Å². The fourth-order valence-corrected chi connectivity index (χ4v) is 3.49. The van der Waals surface area contributed by atoms with Crippen molar-refractivity contribution in [2.45, 2.75) is 6.61 Å². The summed E-state index contributed by atoms with van der Waals surface area (Å²) in [6.07, 6.45) is 0. The first kappa shape index (κ1) is 15.6. The lowest BCUT2D eigenvalue weighted by Crippen LogP contribution is -2.13. The van der Waals surface area contributed by atoms with Gasteiger partial charge in [0.2, 0.25) is 0 Å². The van der Waals surface area contributed by atoms with Crippen LogP contribution < -0.4 is 5.32 Å². The second-order valence-electron chi connectivity index (χ2n) is 4.89. The van der Waals surface area contributed by atoms with Crippen LogP contribution in [0.25, 0.3) is 10.1 Å². The van der Waals surface area contributed by atoms with Crippen molar-refractivity contribution < 1.29 is 18.3 Å². The number of amides is 1. The van der Waals surface area contributed by atoms with E-state index in [1.807, 2.05) is 0 Å². The minimum absolute atomic E-state index is 0.0822. The number of hydrogen-bond acceptors (Lipinski definition) is 3. The zero-order chi connectivity index (χ0) is 16.4. The molecule has 0 radical (unpaired) electrons. The molecule has 0 spiro atoms. The first-order chi connectivity index (χ1) is 11.1. The Hall–Kier alpha value is -2.31. The van der Waals surface area contributed by atoms with Crippen LogP contribution in [0.3, 0.4) is 0 Å². The van der Waals surface area contributed by atoms with Crippen LogP contribution in [0.15, 0.2) is 42.5 Å². The van der Waals surface area contributed by atoms with Crippen LogP contribution in [0.4, 0.5) is 14.5 Å². The molecule has 1 heterocycles. The summed E-state index contributed by atoms with van der Waals surface area (Å²) >= 11 is 1.16. The first-order valence-corrected chi connectivity index (χ1v) is 7.68. The van der Waals surface area contributed by atoms with Crippen LogP contribution in [-0.4, -0.2) is 13.0 Å². The summed E-state index contributed by atoms with van der Waals surface area (Å²) < 4.78 is 33.5. The smallest absolute Gasteiger partial charge is 0.266 e. The maximum absolute atomic E-state index is 14.1. The van der Waals surface area contributed by atoms with E-state index < -0.39 is 17.5 Å². The Balaban J connectivity index is 2.05. The number of anilines is 1. The number of hydrogen-bond donors (Lipinski definition) is 1. The van der Waals surface area contributed by atoms with Crippen LogP contribution in [0, 0.1) is 11.6 Å². The average molecular weight is 333 g/mol. The third-order valence-corrected chi connectivity index (χ3v) is 4.58. The van der Waals surface area contributed by atoms with Crippen molar-refractivity contribution in [3.8, 4) is 0 Å². The number of rotatable bonds is 4. The van der Waals surface area contributed by atoms with Gasteiger partial charge < -0.3 is 10.1 Å². The van der Waals surface area contributed by atoms with Gasteiger partial charge in [0.25, 0.3) is 5.91 Å². The Morgan fingerprint density at radius 2 is 1.87 bits per heavy atom. The van der Waals surface area contributed by atoms with E-state index in [1.54, 1.807) is 18.2 Å². The minimum Gasteiger partial charge on any atom is -0.380 e. The molecule has 0 unspecified atom stereocenters. The molecule has 2 aromatic carbocycles. The van der Waals surface area contributed by atoms with Gasteiger partial charge in [-0.2, -0.15) is 0 Å². The van der Waals surface area contributed by atoms with E-state index in [2.05, 4.69) is 5.32 Å². The monoisotopic (exact) mass is 333 g/mol. The molecular formula is C17H13F2NO2S. The van der Waals surface area contributed by atoms with Gasteiger partial charge in [-0.3, -0.25) is 4.79 Å². The SMILES string of the molecule is COCc1c(C(=O)Nc2ccccc2F)sc2cccc(F)c12. The molecule has 0 atom stereocenters. The number of halogens is 2. The van der Waals surface area contributed by atoms with Crippen LogP contribution >= 0.6 is 11.3 Å². The van der Waals surface area contributed by atoms with Gasteiger partial charge in [0.1, 0.15) is 11.6 Å².